The van der Waals surface area contributed by atoms with Crippen LogP contribution >= 0.6 is 12.4 Å². The topological polar surface area (TPSA) is 84.2 Å². The first-order valence-electron chi connectivity index (χ1n) is 6.38. The molecule has 0 aliphatic heterocycles. The van der Waals surface area contributed by atoms with Crippen molar-refractivity contribution >= 4 is 29.9 Å². The van der Waals surface area contributed by atoms with Crippen LogP contribution in [0, 0.1) is 6.92 Å². The van der Waals surface area contributed by atoms with Crippen LogP contribution in [0.3, 0.4) is 0 Å². The van der Waals surface area contributed by atoms with E-state index in [1.54, 1.807) is 25.1 Å². The van der Waals surface area contributed by atoms with Gasteiger partial charge in [-0.2, -0.15) is 0 Å². The number of nitrogens with one attached hydrogen (secondary N) is 2. The van der Waals surface area contributed by atoms with Gasteiger partial charge in [0, 0.05) is 30.3 Å². The third kappa shape index (κ3) is 5.59. The van der Waals surface area contributed by atoms with Gasteiger partial charge < -0.3 is 16.4 Å². The lowest BCUT2D eigenvalue weighted by molar-refractivity contribution is -0.116. The van der Waals surface area contributed by atoms with E-state index >= 15 is 0 Å². The second kappa shape index (κ2) is 8.55. The minimum Gasteiger partial charge on any atom is -0.352 e. The maximum atomic E-state index is 11.7. The molecule has 1 unspecified atom stereocenters. The number of hydrogen-bond donors (Lipinski definition) is 3. The summed E-state index contributed by atoms with van der Waals surface area (Å²) in [5.74, 6) is -0.233. The molecule has 0 fully saturated rings. The van der Waals surface area contributed by atoms with Crippen molar-refractivity contribution in [2.24, 2.45) is 5.73 Å². The fraction of sp³-hybridized carbons (Fsp3) is 0.429. The zero-order chi connectivity index (χ0) is 14.4. The number of aryl methyl sites for hydroxylation is 1. The molecule has 0 aliphatic carbocycles. The van der Waals surface area contributed by atoms with Gasteiger partial charge in [-0.05, 0) is 44.5 Å². The average molecular weight is 300 g/mol. The largest absolute Gasteiger partial charge is 0.352 e. The Morgan fingerprint density at radius 1 is 1.35 bits per heavy atom. The standard InChI is InChI=1S/C14H21N3O2.ClH/c1-4-16-14(19)11-5-6-12(9(2)7-11)17-13(18)8-10(3)15;/h5-7,10H,4,8,15H2,1-3H3,(H,16,19)(H,17,18);1H. The van der Waals surface area contributed by atoms with Gasteiger partial charge in [0.05, 0.1) is 0 Å². The number of anilines is 1. The lowest BCUT2D eigenvalue weighted by atomic mass is 10.1. The van der Waals surface area contributed by atoms with E-state index in [1.807, 2.05) is 13.8 Å². The molecule has 5 nitrogen and oxygen atoms in total. The lowest BCUT2D eigenvalue weighted by Gasteiger charge is -2.11. The summed E-state index contributed by atoms with van der Waals surface area (Å²) in [5, 5.41) is 5.52. The van der Waals surface area contributed by atoms with Gasteiger partial charge in [-0.25, -0.2) is 0 Å². The number of carbonyl (C=O) groups is 2. The minimum atomic E-state index is -0.171. The molecule has 0 aliphatic rings. The zero-order valence-corrected chi connectivity index (χ0v) is 12.8. The molecule has 112 valence electrons. The van der Waals surface area contributed by atoms with Crippen LogP contribution in [0.2, 0.25) is 0 Å². The number of hydrogen-bond acceptors (Lipinski definition) is 3. The van der Waals surface area contributed by atoms with Gasteiger partial charge >= 0.3 is 0 Å². The number of benzene rings is 1. The molecule has 20 heavy (non-hydrogen) atoms. The molecule has 0 heterocycles. The Labute approximate surface area is 125 Å². The number of amides is 2. The molecule has 1 atom stereocenters. The van der Waals surface area contributed by atoms with Crippen molar-refractivity contribution in [2.75, 3.05) is 11.9 Å². The highest BCUT2D eigenvalue weighted by atomic mass is 35.5. The summed E-state index contributed by atoms with van der Waals surface area (Å²) in [6.07, 6.45) is 0.275. The smallest absolute Gasteiger partial charge is 0.251 e. The summed E-state index contributed by atoms with van der Waals surface area (Å²) < 4.78 is 0. The number of carbonyl (C=O) groups excluding carboxylic acids is 2. The summed E-state index contributed by atoms with van der Waals surface area (Å²) in [4.78, 5) is 23.3. The molecular weight excluding hydrogens is 278 g/mol. The summed E-state index contributed by atoms with van der Waals surface area (Å²) in [5.41, 5.74) is 7.71. The van der Waals surface area contributed by atoms with Gasteiger partial charge in [-0.3, -0.25) is 9.59 Å². The highest BCUT2D eigenvalue weighted by molar-refractivity contribution is 5.96. The van der Waals surface area contributed by atoms with E-state index in [2.05, 4.69) is 10.6 Å². The fourth-order valence-electron chi connectivity index (χ4n) is 1.70. The monoisotopic (exact) mass is 299 g/mol. The Morgan fingerprint density at radius 2 is 2.00 bits per heavy atom. The van der Waals surface area contributed by atoms with Crippen molar-refractivity contribution in [3.05, 3.63) is 29.3 Å². The van der Waals surface area contributed by atoms with Gasteiger partial charge in [0.2, 0.25) is 5.91 Å². The molecule has 6 heteroatoms. The molecule has 0 spiro atoms. The molecule has 1 aromatic rings. The van der Waals surface area contributed by atoms with Crippen LogP contribution < -0.4 is 16.4 Å². The highest BCUT2D eigenvalue weighted by Crippen LogP contribution is 2.17. The van der Waals surface area contributed by atoms with E-state index in [0.29, 0.717) is 17.8 Å². The van der Waals surface area contributed by atoms with Crippen molar-refractivity contribution in [3.8, 4) is 0 Å². The van der Waals surface area contributed by atoms with Gasteiger partial charge in [-0.15, -0.1) is 12.4 Å². The molecule has 2 amide bonds. The molecule has 1 aromatic carbocycles. The lowest BCUT2D eigenvalue weighted by Crippen LogP contribution is -2.24. The SMILES string of the molecule is CCNC(=O)c1ccc(NC(=O)CC(C)N)c(C)c1.Cl. The minimum absolute atomic E-state index is 0. The number of halogens is 1. The second-order valence-electron chi connectivity index (χ2n) is 4.62. The van der Waals surface area contributed by atoms with Crippen LogP contribution in [0.15, 0.2) is 18.2 Å². The normalized spacial score (nSPS) is 11.2. The van der Waals surface area contributed by atoms with E-state index in [1.165, 1.54) is 0 Å². The first-order chi connectivity index (χ1) is 8.93. The zero-order valence-electron chi connectivity index (χ0n) is 12.0. The maximum absolute atomic E-state index is 11.7. The quantitative estimate of drug-likeness (QED) is 0.775. The Morgan fingerprint density at radius 3 is 2.50 bits per heavy atom. The summed E-state index contributed by atoms with van der Waals surface area (Å²) in [7, 11) is 0. The molecule has 0 aromatic heterocycles. The van der Waals surface area contributed by atoms with Gasteiger partial charge in [0.1, 0.15) is 0 Å². The summed E-state index contributed by atoms with van der Waals surface area (Å²) in [6, 6.07) is 5.01. The van der Waals surface area contributed by atoms with Crippen molar-refractivity contribution in [1.29, 1.82) is 0 Å². The van der Waals surface area contributed by atoms with E-state index in [-0.39, 0.29) is 36.7 Å². The Balaban J connectivity index is 0.00000361. The van der Waals surface area contributed by atoms with Crippen LogP contribution in [0.1, 0.15) is 36.2 Å². The van der Waals surface area contributed by atoms with Crippen LogP contribution in [-0.2, 0) is 4.79 Å². The van der Waals surface area contributed by atoms with E-state index < -0.39 is 0 Å². The van der Waals surface area contributed by atoms with Crippen LogP contribution in [0.4, 0.5) is 5.69 Å². The molecule has 0 bridgehead atoms. The van der Waals surface area contributed by atoms with E-state index in [0.717, 1.165) is 5.56 Å². The van der Waals surface area contributed by atoms with Crippen LogP contribution in [-0.4, -0.2) is 24.4 Å². The highest BCUT2D eigenvalue weighted by Gasteiger charge is 2.10. The number of nitrogens with two attached hydrogens (primary N) is 1. The van der Waals surface area contributed by atoms with Gasteiger partial charge in [0.25, 0.3) is 5.91 Å². The second-order valence-corrected chi connectivity index (χ2v) is 4.62. The average Bonchev–Trinajstić information content (AvgIpc) is 2.31. The molecular formula is C14H22ClN3O2. The Bertz CT molecular complexity index is 475. The Kier molecular flexibility index (Phi) is 7.87. The van der Waals surface area contributed by atoms with Crippen molar-refractivity contribution < 1.29 is 9.59 Å². The molecule has 0 radical (unpaired) electrons. The van der Waals surface area contributed by atoms with Crippen molar-refractivity contribution in [2.45, 2.75) is 33.2 Å². The third-order valence-electron chi connectivity index (χ3n) is 2.61. The fourth-order valence-corrected chi connectivity index (χ4v) is 1.70. The maximum Gasteiger partial charge on any atom is 0.251 e. The first-order valence-corrected chi connectivity index (χ1v) is 6.38. The van der Waals surface area contributed by atoms with Gasteiger partial charge in [-0.1, -0.05) is 0 Å². The molecule has 0 saturated heterocycles. The van der Waals surface area contributed by atoms with E-state index in [9.17, 15) is 9.59 Å². The van der Waals surface area contributed by atoms with Crippen molar-refractivity contribution in [3.63, 3.8) is 0 Å². The first kappa shape index (κ1) is 18.4. The molecule has 0 saturated carbocycles. The number of rotatable bonds is 5. The third-order valence-corrected chi connectivity index (χ3v) is 2.61. The molecule has 1 rings (SSSR count). The van der Waals surface area contributed by atoms with E-state index in [4.69, 9.17) is 5.73 Å². The van der Waals surface area contributed by atoms with Crippen LogP contribution in [0.5, 0.6) is 0 Å². The predicted octanol–water partition coefficient (Wildman–Crippen LogP) is 1.84. The van der Waals surface area contributed by atoms with Gasteiger partial charge in [0.15, 0.2) is 0 Å². The Hall–Kier alpha value is -1.59. The van der Waals surface area contributed by atoms with Crippen molar-refractivity contribution in [1.82, 2.24) is 5.32 Å². The summed E-state index contributed by atoms with van der Waals surface area (Å²) in [6.45, 7) is 6.09. The molecule has 4 N–H and O–H groups in total. The predicted molar refractivity (Wildman–Crippen MR) is 83.3 cm³/mol. The van der Waals surface area contributed by atoms with Crippen LogP contribution in [0.25, 0.3) is 0 Å². The summed E-state index contributed by atoms with van der Waals surface area (Å²) >= 11 is 0.